The molecule has 0 fully saturated rings. The fourth-order valence-electron chi connectivity index (χ4n) is 2.25. The Bertz CT molecular complexity index is 897. The molecule has 0 amide bonds. The molecule has 0 saturated carbocycles. The predicted octanol–water partition coefficient (Wildman–Crippen LogP) is 2.24. The van der Waals surface area contributed by atoms with Crippen LogP contribution >= 0.6 is 0 Å². The van der Waals surface area contributed by atoms with Gasteiger partial charge in [0.15, 0.2) is 0 Å². The Morgan fingerprint density at radius 2 is 1.64 bits per heavy atom. The third kappa shape index (κ3) is 2.14. The first-order valence-electron chi connectivity index (χ1n) is 6.42. The van der Waals surface area contributed by atoms with Crippen LogP contribution in [0, 0.1) is 10.1 Å². The van der Waals surface area contributed by atoms with Crippen LogP contribution < -0.4 is 5.69 Å². The minimum Gasteiger partial charge on any atom is -0.493 e. The molecule has 22 heavy (non-hydrogen) atoms. The van der Waals surface area contributed by atoms with Crippen LogP contribution in [0.25, 0.3) is 11.4 Å². The molecule has 1 aromatic heterocycles. The second-order valence-corrected chi connectivity index (χ2v) is 4.56. The standard InChI is InChI=1S/C15H11N3O4/c19-14-10-16(12-8-4-5-9-13(12)18(21)22)15(20)17(14)11-6-2-1-3-7-11/h1-10,19H. The molecule has 2 aromatic carbocycles. The Morgan fingerprint density at radius 3 is 2.32 bits per heavy atom. The monoisotopic (exact) mass is 297 g/mol. The van der Waals surface area contributed by atoms with Crippen LogP contribution in [0.4, 0.5) is 5.69 Å². The van der Waals surface area contributed by atoms with Gasteiger partial charge in [-0.05, 0) is 18.2 Å². The maximum Gasteiger partial charge on any atom is 0.340 e. The van der Waals surface area contributed by atoms with Gasteiger partial charge in [-0.3, -0.25) is 14.7 Å². The molecule has 0 bridgehead atoms. The van der Waals surface area contributed by atoms with Crippen molar-refractivity contribution in [1.29, 1.82) is 0 Å². The first-order valence-corrected chi connectivity index (χ1v) is 6.42. The average molecular weight is 297 g/mol. The lowest BCUT2D eigenvalue weighted by Crippen LogP contribution is -2.22. The van der Waals surface area contributed by atoms with E-state index in [1.165, 1.54) is 18.2 Å². The third-order valence-electron chi connectivity index (χ3n) is 3.22. The molecule has 3 rings (SSSR count). The number of hydrogen-bond donors (Lipinski definition) is 1. The topological polar surface area (TPSA) is 90.3 Å². The fraction of sp³-hybridized carbons (Fsp3) is 0. The Balaban J connectivity index is 2.24. The minimum atomic E-state index is -0.585. The van der Waals surface area contributed by atoms with E-state index in [-0.39, 0.29) is 17.3 Å². The van der Waals surface area contributed by atoms with Crippen LogP contribution in [0.1, 0.15) is 0 Å². The summed E-state index contributed by atoms with van der Waals surface area (Å²) in [6, 6.07) is 14.4. The lowest BCUT2D eigenvalue weighted by Gasteiger charge is -2.03. The maximum absolute atomic E-state index is 12.5. The van der Waals surface area contributed by atoms with Gasteiger partial charge in [-0.15, -0.1) is 0 Å². The van der Waals surface area contributed by atoms with Gasteiger partial charge in [0, 0.05) is 6.07 Å². The highest BCUT2D eigenvalue weighted by Gasteiger charge is 2.19. The number of nitrogens with zero attached hydrogens (tertiary/aromatic N) is 3. The summed E-state index contributed by atoms with van der Waals surface area (Å²) in [4.78, 5) is 23.0. The first kappa shape index (κ1) is 13.6. The molecule has 0 unspecified atom stereocenters. The SMILES string of the molecule is O=c1n(-c2ccccc2[N+](=O)[O-])cc(O)n1-c1ccccc1. The highest BCUT2D eigenvalue weighted by atomic mass is 16.6. The molecule has 7 heteroatoms. The second-order valence-electron chi connectivity index (χ2n) is 4.56. The van der Waals surface area contributed by atoms with Crippen molar-refractivity contribution < 1.29 is 10.0 Å². The number of aromatic nitrogens is 2. The summed E-state index contributed by atoms with van der Waals surface area (Å²) in [5.74, 6) is -0.297. The molecule has 0 spiro atoms. The van der Waals surface area contributed by atoms with Crippen LogP contribution in [-0.4, -0.2) is 19.2 Å². The fourth-order valence-corrected chi connectivity index (χ4v) is 2.25. The van der Waals surface area contributed by atoms with Crippen LogP contribution in [0.15, 0.2) is 65.6 Å². The summed E-state index contributed by atoms with van der Waals surface area (Å²) >= 11 is 0. The van der Waals surface area contributed by atoms with Crippen molar-refractivity contribution in [1.82, 2.24) is 9.13 Å². The van der Waals surface area contributed by atoms with Crippen molar-refractivity contribution in [3.05, 3.63) is 81.4 Å². The van der Waals surface area contributed by atoms with Crippen molar-refractivity contribution >= 4 is 5.69 Å². The Morgan fingerprint density at radius 1 is 1.00 bits per heavy atom. The van der Waals surface area contributed by atoms with E-state index < -0.39 is 10.6 Å². The van der Waals surface area contributed by atoms with Gasteiger partial charge >= 0.3 is 5.69 Å². The normalized spacial score (nSPS) is 10.5. The zero-order valence-electron chi connectivity index (χ0n) is 11.3. The van der Waals surface area contributed by atoms with Gasteiger partial charge in [-0.25, -0.2) is 9.36 Å². The van der Waals surface area contributed by atoms with Gasteiger partial charge in [0.1, 0.15) is 5.69 Å². The number of rotatable bonds is 3. The smallest absolute Gasteiger partial charge is 0.340 e. The number of aromatic hydroxyl groups is 1. The van der Waals surface area contributed by atoms with Gasteiger partial charge in [-0.1, -0.05) is 30.3 Å². The number of nitro groups is 1. The zero-order valence-corrected chi connectivity index (χ0v) is 11.3. The van der Waals surface area contributed by atoms with E-state index in [1.54, 1.807) is 36.4 Å². The Hall–Kier alpha value is -3.35. The van der Waals surface area contributed by atoms with Crippen molar-refractivity contribution in [3.8, 4) is 17.3 Å². The minimum absolute atomic E-state index is 0.0995. The van der Waals surface area contributed by atoms with Crippen molar-refractivity contribution in [2.75, 3.05) is 0 Å². The molecule has 1 N–H and O–H groups in total. The molecule has 0 saturated heterocycles. The molecule has 0 radical (unpaired) electrons. The van der Waals surface area contributed by atoms with Crippen LogP contribution in [-0.2, 0) is 0 Å². The number of hydrogen-bond acceptors (Lipinski definition) is 4. The zero-order chi connectivity index (χ0) is 15.7. The van der Waals surface area contributed by atoms with Crippen LogP contribution in [0.2, 0.25) is 0 Å². The summed E-state index contributed by atoms with van der Waals surface area (Å²) < 4.78 is 2.14. The van der Waals surface area contributed by atoms with E-state index in [9.17, 15) is 20.0 Å². The van der Waals surface area contributed by atoms with Gasteiger partial charge in [0.05, 0.1) is 16.8 Å². The number of para-hydroxylation sites is 3. The molecule has 0 aliphatic carbocycles. The summed E-state index contributed by atoms with van der Waals surface area (Å²) in [6.45, 7) is 0. The maximum atomic E-state index is 12.5. The number of imidazole rings is 1. The van der Waals surface area contributed by atoms with Gasteiger partial charge in [-0.2, -0.15) is 0 Å². The highest BCUT2D eigenvalue weighted by Crippen LogP contribution is 2.23. The van der Waals surface area contributed by atoms with Crippen molar-refractivity contribution in [3.63, 3.8) is 0 Å². The summed E-state index contributed by atoms with van der Waals surface area (Å²) in [5.41, 5.74) is -0.224. The van der Waals surface area contributed by atoms with Gasteiger partial charge < -0.3 is 5.11 Å². The van der Waals surface area contributed by atoms with Gasteiger partial charge in [0.2, 0.25) is 5.88 Å². The van der Waals surface area contributed by atoms with E-state index in [1.807, 2.05) is 0 Å². The molecule has 0 aliphatic heterocycles. The Kier molecular flexibility index (Phi) is 3.23. The first-order chi connectivity index (χ1) is 10.6. The number of nitro benzene ring substituents is 1. The summed E-state index contributed by atoms with van der Waals surface area (Å²) in [6.07, 6.45) is 1.16. The van der Waals surface area contributed by atoms with Crippen molar-refractivity contribution in [2.24, 2.45) is 0 Å². The van der Waals surface area contributed by atoms with E-state index >= 15 is 0 Å². The van der Waals surface area contributed by atoms with Gasteiger partial charge in [0.25, 0.3) is 5.69 Å². The lowest BCUT2D eigenvalue weighted by atomic mass is 10.2. The largest absolute Gasteiger partial charge is 0.493 e. The van der Waals surface area contributed by atoms with E-state index in [2.05, 4.69) is 0 Å². The molecular formula is C15H11N3O4. The molecule has 1 heterocycles. The Labute approximate surface area is 124 Å². The lowest BCUT2D eigenvalue weighted by molar-refractivity contribution is -0.384. The molecule has 110 valence electrons. The highest BCUT2D eigenvalue weighted by molar-refractivity contribution is 5.53. The van der Waals surface area contributed by atoms with E-state index in [0.717, 1.165) is 15.3 Å². The summed E-state index contributed by atoms with van der Waals surface area (Å²) in [7, 11) is 0. The molecule has 7 nitrogen and oxygen atoms in total. The number of benzene rings is 2. The van der Waals surface area contributed by atoms with Crippen LogP contribution in [0.3, 0.4) is 0 Å². The second kappa shape index (κ2) is 5.21. The van der Waals surface area contributed by atoms with E-state index in [4.69, 9.17) is 0 Å². The third-order valence-corrected chi connectivity index (χ3v) is 3.22. The average Bonchev–Trinajstić information content (AvgIpc) is 2.83. The molecule has 0 atom stereocenters. The predicted molar refractivity (Wildman–Crippen MR) is 79.7 cm³/mol. The molecule has 0 aliphatic rings. The molecule has 3 aromatic rings. The van der Waals surface area contributed by atoms with Crippen LogP contribution in [0.5, 0.6) is 5.88 Å². The van der Waals surface area contributed by atoms with E-state index in [0.29, 0.717) is 5.69 Å². The quantitative estimate of drug-likeness (QED) is 0.593. The van der Waals surface area contributed by atoms with Crippen molar-refractivity contribution in [2.45, 2.75) is 0 Å². The summed E-state index contributed by atoms with van der Waals surface area (Å²) in [5, 5.41) is 21.1. The molecular weight excluding hydrogens is 286 g/mol.